The minimum atomic E-state index is -2.45. The van der Waals surface area contributed by atoms with E-state index in [2.05, 4.69) is 15.3 Å². The first kappa shape index (κ1) is 25.0. The van der Waals surface area contributed by atoms with Gasteiger partial charge < -0.3 is 35.6 Å². The molecule has 0 bridgehead atoms. The summed E-state index contributed by atoms with van der Waals surface area (Å²) >= 11 is 5.92. The Hall–Kier alpha value is -2.67. The van der Waals surface area contributed by atoms with Gasteiger partial charge in [-0.25, -0.2) is 18.7 Å². The molecule has 0 spiro atoms. The summed E-state index contributed by atoms with van der Waals surface area (Å²) in [5.74, 6) is -0.409. The SMILES string of the molecule is COc1cc2c(Nc3cc(Cl)ccc3F)ncnc2cc1C(O)[C@@H](F)[C@H](O)[C@@H](O)[C@H](O)CO. The zero-order valence-electron chi connectivity index (χ0n) is 17.2. The Morgan fingerprint density at radius 2 is 1.82 bits per heavy atom. The molecule has 1 unspecified atom stereocenters. The highest BCUT2D eigenvalue weighted by atomic mass is 35.5. The Bertz CT molecular complexity index is 1120. The summed E-state index contributed by atoms with van der Waals surface area (Å²) < 4.78 is 34.2. The lowest BCUT2D eigenvalue weighted by Crippen LogP contribution is -2.46. The standard InChI is InChI=1S/C21H22ClF2N3O6/c1-33-16-6-10-13(5-11(16)18(30)17(24)20(32)19(31)15(29)7-28)25-8-26-21(10)27-14-4-9(22)2-3-12(14)23/h2-6,8,15,17-20,28-32H,7H2,1H3,(H,25,26,27)/t15-,17-,18?,19+,20+/m1/s1. The van der Waals surface area contributed by atoms with Crippen molar-refractivity contribution in [1.29, 1.82) is 0 Å². The van der Waals surface area contributed by atoms with Gasteiger partial charge in [0, 0.05) is 16.0 Å². The average Bonchev–Trinajstić information content (AvgIpc) is 2.83. The number of hydrogen-bond acceptors (Lipinski definition) is 9. The van der Waals surface area contributed by atoms with Gasteiger partial charge in [0.1, 0.15) is 48.1 Å². The molecule has 0 fully saturated rings. The highest BCUT2D eigenvalue weighted by Crippen LogP contribution is 2.36. The monoisotopic (exact) mass is 485 g/mol. The normalized spacial score (nSPS) is 16.2. The van der Waals surface area contributed by atoms with Crippen molar-refractivity contribution in [2.24, 2.45) is 0 Å². The van der Waals surface area contributed by atoms with Crippen molar-refractivity contribution in [3.05, 3.63) is 53.1 Å². The van der Waals surface area contributed by atoms with Crippen molar-refractivity contribution in [1.82, 2.24) is 9.97 Å². The van der Waals surface area contributed by atoms with Crippen LogP contribution in [0.15, 0.2) is 36.7 Å². The molecular formula is C21H22ClF2N3O6. The number of hydrogen-bond donors (Lipinski definition) is 6. The van der Waals surface area contributed by atoms with Crippen LogP contribution in [-0.4, -0.2) is 73.7 Å². The Labute approximate surface area is 191 Å². The molecule has 3 aromatic rings. The molecule has 0 aliphatic heterocycles. The van der Waals surface area contributed by atoms with Crippen LogP contribution in [0.1, 0.15) is 11.7 Å². The van der Waals surface area contributed by atoms with E-state index in [0.717, 1.165) is 0 Å². The van der Waals surface area contributed by atoms with Crippen molar-refractivity contribution in [3.8, 4) is 5.75 Å². The Kier molecular flexibility index (Phi) is 7.95. The van der Waals surface area contributed by atoms with E-state index in [4.69, 9.17) is 21.4 Å². The molecule has 3 rings (SSSR count). The molecule has 0 aliphatic carbocycles. The number of anilines is 2. The third-order valence-electron chi connectivity index (χ3n) is 5.05. The molecule has 0 saturated carbocycles. The predicted molar refractivity (Wildman–Crippen MR) is 116 cm³/mol. The third kappa shape index (κ3) is 5.29. The van der Waals surface area contributed by atoms with Gasteiger partial charge in [0.2, 0.25) is 0 Å². The fourth-order valence-corrected chi connectivity index (χ4v) is 3.38. The summed E-state index contributed by atoms with van der Waals surface area (Å²) in [7, 11) is 1.26. The third-order valence-corrected chi connectivity index (χ3v) is 5.28. The maximum Gasteiger partial charge on any atom is 0.159 e. The van der Waals surface area contributed by atoms with E-state index in [-0.39, 0.29) is 28.3 Å². The van der Waals surface area contributed by atoms with E-state index in [0.29, 0.717) is 10.4 Å². The molecule has 0 saturated heterocycles. The first-order valence-electron chi connectivity index (χ1n) is 9.69. The van der Waals surface area contributed by atoms with Gasteiger partial charge in [-0.1, -0.05) is 11.6 Å². The van der Waals surface area contributed by atoms with Crippen LogP contribution in [0.25, 0.3) is 10.9 Å². The minimum Gasteiger partial charge on any atom is -0.496 e. The zero-order valence-corrected chi connectivity index (χ0v) is 18.0. The Morgan fingerprint density at radius 1 is 1.09 bits per heavy atom. The molecule has 5 atom stereocenters. The number of benzene rings is 2. The van der Waals surface area contributed by atoms with E-state index >= 15 is 0 Å². The number of methoxy groups -OCH3 is 1. The predicted octanol–water partition coefficient (Wildman–Crippen LogP) is 1.62. The number of ether oxygens (including phenoxy) is 1. The highest BCUT2D eigenvalue weighted by Gasteiger charge is 2.37. The van der Waals surface area contributed by atoms with Crippen molar-refractivity contribution >= 4 is 34.0 Å². The lowest BCUT2D eigenvalue weighted by atomic mass is 9.95. The maximum absolute atomic E-state index is 14.8. The van der Waals surface area contributed by atoms with Gasteiger partial charge in [0.25, 0.3) is 0 Å². The van der Waals surface area contributed by atoms with Crippen LogP contribution in [0.2, 0.25) is 5.02 Å². The summed E-state index contributed by atoms with van der Waals surface area (Å²) in [6.45, 7) is -0.916. The molecule has 12 heteroatoms. The largest absolute Gasteiger partial charge is 0.496 e. The van der Waals surface area contributed by atoms with Crippen LogP contribution in [0, 0.1) is 5.82 Å². The quantitative estimate of drug-likeness (QED) is 0.266. The number of halogens is 3. The first-order valence-corrected chi connectivity index (χ1v) is 10.1. The Balaban J connectivity index is 1.99. The van der Waals surface area contributed by atoms with Crippen LogP contribution < -0.4 is 10.1 Å². The fourth-order valence-electron chi connectivity index (χ4n) is 3.21. The van der Waals surface area contributed by atoms with Crippen molar-refractivity contribution in [3.63, 3.8) is 0 Å². The van der Waals surface area contributed by atoms with Gasteiger partial charge in [-0.3, -0.25) is 0 Å². The van der Waals surface area contributed by atoms with Crippen molar-refractivity contribution in [2.45, 2.75) is 30.6 Å². The van der Waals surface area contributed by atoms with Gasteiger partial charge in [-0.05, 0) is 30.3 Å². The topological polar surface area (TPSA) is 148 Å². The number of nitrogens with one attached hydrogen (secondary N) is 1. The molecule has 0 amide bonds. The summed E-state index contributed by atoms with van der Waals surface area (Å²) in [5.41, 5.74) is 0.164. The van der Waals surface area contributed by atoms with E-state index in [1.807, 2.05) is 0 Å². The fraction of sp³-hybridized carbons (Fsp3) is 0.333. The number of aliphatic hydroxyl groups is 5. The van der Waals surface area contributed by atoms with Gasteiger partial charge in [-0.15, -0.1) is 0 Å². The van der Waals surface area contributed by atoms with Crippen LogP contribution in [0.5, 0.6) is 5.75 Å². The molecule has 2 aromatic carbocycles. The highest BCUT2D eigenvalue weighted by molar-refractivity contribution is 6.30. The van der Waals surface area contributed by atoms with E-state index in [1.54, 1.807) is 0 Å². The van der Waals surface area contributed by atoms with E-state index in [9.17, 15) is 29.2 Å². The molecule has 33 heavy (non-hydrogen) atoms. The van der Waals surface area contributed by atoms with Crippen LogP contribution >= 0.6 is 11.6 Å². The van der Waals surface area contributed by atoms with Gasteiger partial charge in [0.15, 0.2) is 6.17 Å². The molecule has 0 aliphatic rings. The smallest absolute Gasteiger partial charge is 0.159 e. The summed E-state index contributed by atoms with van der Waals surface area (Å²) in [5, 5.41) is 52.0. The first-order chi connectivity index (χ1) is 15.7. The lowest BCUT2D eigenvalue weighted by Gasteiger charge is -2.27. The molecule has 9 nitrogen and oxygen atoms in total. The van der Waals surface area contributed by atoms with Crippen LogP contribution in [0.3, 0.4) is 0 Å². The zero-order chi connectivity index (χ0) is 24.3. The van der Waals surface area contributed by atoms with Crippen molar-refractivity contribution in [2.75, 3.05) is 19.0 Å². The minimum absolute atomic E-state index is 0.00791. The van der Waals surface area contributed by atoms with Gasteiger partial charge in [-0.2, -0.15) is 0 Å². The number of aromatic nitrogens is 2. The number of fused-ring (bicyclic) bond motifs is 1. The maximum atomic E-state index is 14.8. The second kappa shape index (κ2) is 10.5. The number of nitrogens with zero attached hydrogens (tertiary/aromatic N) is 2. The van der Waals surface area contributed by atoms with E-state index in [1.165, 1.54) is 43.8 Å². The molecular weight excluding hydrogens is 464 g/mol. The van der Waals surface area contributed by atoms with Crippen LogP contribution in [-0.2, 0) is 0 Å². The number of rotatable bonds is 9. The summed E-state index contributed by atoms with van der Waals surface area (Å²) in [4.78, 5) is 8.17. The van der Waals surface area contributed by atoms with Gasteiger partial charge >= 0.3 is 0 Å². The second-order valence-corrected chi connectivity index (χ2v) is 7.64. The molecule has 1 heterocycles. The second-order valence-electron chi connectivity index (χ2n) is 7.20. The molecule has 1 aromatic heterocycles. The lowest BCUT2D eigenvalue weighted by molar-refractivity contribution is -0.119. The van der Waals surface area contributed by atoms with Crippen LogP contribution in [0.4, 0.5) is 20.3 Å². The summed E-state index contributed by atoms with van der Waals surface area (Å²) in [6.07, 6.45) is -9.34. The number of aliphatic hydroxyl groups excluding tert-OH is 5. The van der Waals surface area contributed by atoms with Crippen molar-refractivity contribution < 1.29 is 39.1 Å². The molecule has 0 radical (unpaired) electrons. The Morgan fingerprint density at radius 3 is 2.48 bits per heavy atom. The van der Waals surface area contributed by atoms with Gasteiger partial charge in [0.05, 0.1) is 24.9 Å². The summed E-state index contributed by atoms with van der Waals surface area (Å²) in [6, 6.07) is 6.60. The number of alkyl halides is 1. The molecule has 178 valence electrons. The average molecular weight is 486 g/mol. The van der Waals surface area contributed by atoms with E-state index < -0.39 is 43.0 Å². The molecule has 6 N–H and O–H groups in total.